The first-order valence-electron chi connectivity index (χ1n) is 6.14. The average molecular weight is 340 g/mol. The van der Waals surface area contributed by atoms with Gasteiger partial charge >= 0.3 is 12.1 Å². The normalized spacial score (nSPS) is 11.6. The number of carboxylic acid groups (broad SMARTS) is 1. The third-order valence-electron chi connectivity index (χ3n) is 2.79. The maximum atomic E-state index is 13.0. The van der Waals surface area contributed by atoms with E-state index in [9.17, 15) is 18.0 Å². The summed E-state index contributed by atoms with van der Waals surface area (Å²) in [5.41, 5.74) is -1.35. The van der Waals surface area contributed by atoms with Gasteiger partial charge in [0.05, 0.1) is 10.6 Å². The van der Waals surface area contributed by atoms with Gasteiger partial charge in [-0.05, 0) is 23.6 Å². The van der Waals surface area contributed by atoms with Crippen molar-refractivity contribution in [2.45, 2.75) is 6.18 Å². The molecule has 6 nitrogen and oxygen atoms in total. The number of rotatable bonds is 3. The van der Waals surface area contributed by atoms with Gasteiger partial charge in [0.15, 0.2) is 11.4 Å². The molecule has 0 fully saturated rings. The van der Waals surface area contributed by atoms with Crippen molar-refractivity contribution in [3.63, 3.8) is 0 Å². The lowest BCUT2D eigenvalue weighted by atomic mass is 10.3. The number of carboxylic acids is 1. The number of hydrogen-bond donors (Lipinski definition) is 1. The van der Waals surface area contributed by atoms with Crippen LogP contribution in [0.5, 0.6) is 0 Å². The molecule has 118 valence electrons. The van der Waals surface area contributed by atoms with Gasteiger partial charge in [-0.15, -0.1) is 11.3 Å². The summed E-state index contributed by atoms with van der Waals surface area (Å²) < 4.78 is 40.0. The van der Waals surface area contributed by atoms with Crippen molar-refractivity contribution in [3.05, 3.63) is 47.2 Å². The van der Waals surface area contributed by atoms with E-state index in [0.717, 1.165) is 16.8 Å². The van der Waals surface area contributed by atoms with E-state index < -0.39 is 17.8 Å². The number of halogens is 3. The Morgan fingerprint density at radius 1 is 1.26 bits per heavy atom. The van der Waals surface area contributed by atoms with Crippen molar-refractivity contribution in [2.24, 2.45) is 0 Å². The van der Waals surface area contributed by atoms with Crippen molar-refractivity contribution in [3.8, 4) is 16.5 Å². The molecule has 0 saturated heterocycles. The zero-order valence-electron chi connectivity index (χ0n) is 11.2. The van der Waals surface area contributed by atoms with Gasteiger partial charge in [-0.1, -0.05) is 6.07 Å². The van der Waals surface area contributed by atoms with Crippen molar-refractivity contribution in [2.75, 3.05) is 0 Å². The second kappa shape index (κ2) is 5.47. The smallest absolute Gasteiger partial charge is 0.433 e. The van der Waals surface area contributed by atoms with Gasteiger partial charge < -0.3 is 5.11 Å². The number of hydrogen-bond acceptors (Lipinski definition) is 5. The Labute approximate surface area is 130 Å². The second-order valence-corrected chi connectivity index (χ2v) is 5.31. The Morgan fingerprint density at radius 3 is 2.61 bits per heavy atom. The van der Waals surface area contributed by atoms with E-state index in [0.29, 0.717) is 4.88 Å². The molecule has 0 spiro atoms. The lowest BCUT2D eigenvalue weighted by Crippen LogP contribution is -2.13. The molecule has 0 radical (unpaired) electrons. The van der Waals surface area contributed by atoms with Crippen LogP contribution in [0.3, 0.4) is 0 Å². The van der Waals surface area contributed by atoms with Gasteiger partial charge in [0.25, 0.3) is 5.95 Å². The Hall–Kier alpha value is -2.75. The monoisotopic (exact) mass is 340 g/mol. The van der Waals surface area contributed by atoms with E-state index in [2.05, 4.69) is 15.1 Å². The van der Waals surface area contributed by atoms with Gasteiger partial charge in [0, 0.05) is 6.20 Å². The molecule has 0 bridgehead atoms. The molecule has 0 aliphatic rings. The van der Waals surface area contributed by atoms with Crippen LogP contribution in [0, 0.1) is 0 Å². The molecule has 10 heteroatoms. The van der Waals surface area contributed by atoms with E-state index in [1.807, 2.05) is 0 Å². The summed E-state index contributed by atoms with van der Waals surface area (Å²) in [7, 11) is 0. The molecule has 0 amide bonds. The fourth-order valence-corrected chi connectivity index (χ4v) is 2.47. The molecule has 23 heavy (non-hydrogen) atoms. The zero-order valence-corrected chi connectivity index (χ0v) is 12.0. The van der Waals surface area contributed by atoms with Crippen molar-refractivity contribution < 1.29 is 23.1 Å². The minimum atomic E-state index is -4.66. The Balaban J connectivity index is 2.15. The minimum absolute atomic E-state index is 0.0877. The third kappa shape index (κ3) is 3.06. The molecule has 0 aromatic carbocycles. The van der Waals surface area contributed by atoms with Gasteiger partial charge in [-0.2, -0.15) is 18.3 Å². The predicted molar refractivity (Wildman–Crippen MR) is 74.4 cm³/mol. The highest BCUT2D eigenvalue weighted by Gasteiger charge is 2.34. The van der Waals surface area contributed by atoms with Gasteiger partial charge in [0.2, 0.25) is 0 Å². The van der Waals surface area contributed by atoms with Crippen LogP contribution in [0.1, 0.15) is 16.2 Å². The highest BCUT2D eigenvalue weighted by atomic mass is 32.1. The van der Waals surface area contributed by atoms with E-state index in [-0.39, 0.29) is 17.3 Å². The number of thiophene rings is 1. The van der Waals surface area contributed by atoms with Crippen LogP contribution in [0.15, 0.2) is 35.8 Å². The van der Waals surface area contributed by atoms with E-state index in [1.165, 1.54) is 17.5 Å². The molecule has 0 aliphatic carbocycles. The summed E-state index contributed by atoms with van der Waals surface area (Å²) in [5.74, 6) is -1.65. The Bertz CT molecular complexity index is 858. The molecule has 0 unspecified atom stereocenters. The lowest BCUT2D eigenvalue weighted by Gasteiger charge is -2.09. The number of alkyl halides is 3. The van der Waals surface area contributed by atoms with Crippen molar-refractivity contribution in [1.29, 1.82) is 0 Å². The number of carbonyl (C=O) groups is 1. The molecular weight excluding hydrogens is 333 g/mol. The highest BCUT2D eigenvalue weighted by Crippen LogP contribution is 2.32. The van der Waals surface area contributed by atoms with Crippen LogP contribution < -0.4 is 0 Å². The number of nitrogens with zero attached hydrogens (tertiary/aromatic N) is 4. The molecular formula is C13H7F3N4O2S. The predicted octanol–water partition coefficient (Wildman–Crippen LogP) is 3.11. The summed E-state index contributed by atoms with van der Waals surface area (Å²) in [6.07, 6.45) is -3.47. The summed E-state index contributed by atoms with van der Waals surface area (Å²) in [5, 5.41) is 14.2. The first-order chi connectivity index (χ1) is 10.8. The fourth-order valence-electron chi connectivity index (χ4n) is 1.78. The maximum Gasteiger partial charge on any atom is 0.433 e. The maximum absolute atomic E-state index is 13.0. The van der Waals surface area contributed by atoms with Gasteiger partial charge in [-0.25, -0.2) is 19.4 Å². The highest BCUT2D eigenvalue weighted by molar-refractivity contribution is 7.13. The SMILES string of the molecule is O=C(O)c1ccn(-c2nc(-c3cccs3)cc(C(F)(F)F)n2)n1. The standard InChI is InChI=1S/C13H7F3N4O2S/c14-13(15,16)10-6-8(9-2-1-5-23-9)17-12(18-10)20-4-3-7(19-20)11(21)22/h1-6H,(H,21,22). The van der Waals surface area contributed by atoms with E-state index in [4.69, 9.17) is 5.11 Å². The van der Waals surface area contributed by atoms with Crippen molar-refractivity contribution >= 4 is 17.3 Å². The molecule has 0 aliphatic heterocycles. The topological polar surface area (TPSA) is 80.9 Å². The number of aromatic nitrogens is 4. The summed E-state index contributed by atoms with van der Waals surface area (Å²) >= 11 is 1.23. The first-order valence-corrected chi connectivity index (χ1v) is 7.02. The van der Waals surface area contributed by atoms with Crippen LogP contribution >= 0.6 is 11.3 Å². The van der Waals surface area contributed by atoms with Crippen LogP contribution in [-0.2, 0) is 6.18 Å². The minimum Gasteiger partial charge on any atom is -0.476 e. The number of aromatic carboxylic acids is 1. The van der Waals surface area contributed by atoms with E-state index >= 15 is 0 Å². The summed E-state index contributed by atoms with van der Waals surface area (Å²) in [6.45, 7) is 0. The zero-order chi connectivity index (χ0) is 16.6. The molecule has 1 N–H and O–H groups in total. The van der Waals surface area contributed by atoms with Crippen molar-refractivity contribution in [1.82, 2.24) is 19.7 Å². The molecule has 3 aromatic heterocycles. The Kier molecular flexibility index (Phi) is 3.60. The molecule has 3 heterocycles. The fraction of sp³-hybridized carbons (Fsp3) is 0.0769. The summed E-state index contributed by atoms with van der Waals surface area (Å²) in [4.78, 5) is 18.8. The second-order valence-electron chi connectivity index (χ2n) is 4.36. The first kappa shape index (κ1) is 15.2. The van der Waals surface area contributed by atoms with Crippen LogP contribution in [0.25, 0.3) is 16.5 Å². The Morgan fingerprint density at radius 2 is 2.04 bits per heavy atom. The van der Waals surface area contributed by atoms with Gasteiger partial charge in [0.1, 0.15) is 0 Å². The summed E-state index contributed by atoms with van der Waals surface area (Å²) in [6, 6.07) is 5.31. The van der Waals surface area contributed by atoms with Crippen LogP contribution in [0.4, 0.5) is 13.2 Å². The van der Waals surface area contributed by atoms with Crippen LogP contribution in [-0.4, -0.2) is 30.8 Å². The average Bonchev–Trinajstić information content (AvgIpc) is 3.17. The largest absolute Gasteiger partial charge is 0.476 e. The molecule has 0 atom stereocenters. The molecule has 3 rings (SSSR count). The third-order valence-corrected chi connectivity index (χ3v) is 3.68. The van der Waals surface area contributed by atoms with E-state index in [1.54, 1.807) is 17.5 Å². The molecule has 0 saturated carbocycles. The quantitative estimate of drug-likeness (QED) is 0.792. The van der Waals surface area contributed by atoms with Gasteiger partial charge in [-0.3, -0.25) is 0 Å². The lowest BCUT2D eigenvalue weighted by molar-refractivity contribution is -0.141. The van der Waals surface area contributed by atoms with Crippen LogP contribution in [0.2, 0.25) is 0 Å². The molecule has 3 aromatic rings.